The summed E-state index contributed by atoms with van der Waals surface area (Å²) in [4.78, 5) is 24.3. The first kappa shape index (κ1) is 21.0. The molecule has 2 aromatic carbocycles. The molecule has 1 fully saturated rings. The molecule has 1 amide bonds. The van der Waals surface area contributed by atoms with Crippen LogP contribution in [-0.4, -0.2) is 29.0 Å². The molecule has 5 nitrogen and oxygen atoms in total. The topological polar surface area (TPSA) is 58.1 Å². The van der Waals surface area contributed by atoms with Crippen LogP contribution in [0, 0.1) is 12.8 Å². The van der Waals surface area contributed by atoms with Gasteiger partial charge in [-0.3, -0.25) is 4.79 Å². The van der Waals surface area contributed by atoms with Crippen molar-refractivity contribution in [2.45, 2.75) is 39.5 Å². The Hall–Kier alpha value is -3.21. The number of rotatable bonds is 5. The maximum Gasteiger partial charge on any atom is 0.229 e. The quantitative estimate of drug-likeness (QED) is 0.605. The maximum atomic E-state index is 12.9. The average Bonchev–Trinajstić information content (AvgIpc) is 2.80. The number of carbonyl (C=O) groups is 1. The Kier molecular flexibility index (Phi) is 6.31. The Bertz CT molecular complexity index is 1030. The Morgan fingerprint density at radius 1 is 1.06 bits per heavy atom. The predicted molar refractivity (Wildman–Crippen MR) is 126 cm³/mol. The second-order valence-corrected chi connectivity index (χ2v) is 8.66. The van der Waals surface area contributed by atoms with Gasteiger partial charge in [-0.2, -0.15) is 0 Å². The predicted octanol–water partition coefficient (Wildman–Crippen LogP) is 5.43. The van der Waals surface area contributed by atoms with Gasteiger partial charge in [0, 0.05) is 30.5 Å². The third kappa shape index (κ3) is 5.10. The molecule has 1 aromatic heterocycles. The smallest absolute Gasteiger partial charge is 0.229 e. The Balaban J connectivity index is 1.44. The summed E-state index contributed by atoms with van der Waals surface area (Å²) in [7, 11) is 0. The fourth-order valence-corrected chi connectivity index (χ4v) is 3.96. The number of nitrogens with one attached hydrogen (secondary N) is 1. The van der Waals surface area contributed by atoms with Gasteiger partial charge in [0.2, 0.25) is 5.91 Å². The number of piperidine rings is 1. The van der Waals surface area contributed by atoms with Crippen molar-refractivity contribution in [3.05, 3.63) is 71.9 Å². The van der Waals surface area contributed by atoms with E-state index >= 15 is 0 Å². The van der Waals surface area contributed by atoms with Crippen LogP contribution in [0.3, 0.4) is 0 Å². The van der Waals surface area contributed by atoms with Crippen LogP contribution in [0.5, 0.6) is 0 Å². The van der Waals surface area contributed by atoms with Crippen molar-refractivity contribution in [1.82, 2.24) is 9.97 Å². The van der Waals surface area contributed by atoms with Crippen molar-refractivity contribution >= 4 is 17.4 Å². The molecule has 1 aliphatic rings. The molecular weight excluding hydrogens is 384 g/mol. The SMILES string of the molecule is Cc1ccc(-c2nccc(N3CCCC(C(=O)Nc4ccc(C(C)C)cc4)C3)n2)cc1. The molecular formula is C26H30N4O. The van der Waals surface area contributed by atoms with Crippen molar-refractivity contribution in [3.8, 4) is 11.4 Å². The second kappa shape index (κ2) is 9.29. The third-order valence-electron chi connectivity index (χ3n) is 5.91. The highest BCUT2D eigenvalue weighted by Crippen LogP contribution is 2.25. The molecule has 1 aliphatic heterocycles. The number of anilines is 2. The van der Waals surface area contributed by atoms with Gasteiger partial charge in [0.25, 0.3) is 0 Å². The van der Waals surface area contributed by atoms with E-state index in [0.29, 0.717) is 18.3 Å². The van der Waals surface area contributed by atoms with Crippen LogP contribution >= 0.6 is 0 Å². The standard InChI is InChI=1S/C26H30N4O/c1-18(2)20-10-12-23(13-11-20)28-26(31)22-5-4-16-30(17-22)24-14-15-27-25(29-24)21-8-6-19(3)7-9-21/h6-15,18,22H,4-5,16-17H2,1-3H3,(H,28,31). The van der Waals surface area contributed by atoms with Crippen molar-refractivity contribution in [2.24, 2.45) is 5.92 Å². The van der Waals surface area contributed by atoms with E-state index in [9.17, 15) is 4.79 Å². The number of aromatic nitrogens is 2. The van der Waals surface area contributed by atoms with E-state index in [4.69, 9.17) is 4.98 Å². The number of amides is 1. The van der Waals surface area contributed by atoms with Gasteiger partial charge in [-0.25, -0.2) is 9.97 Å². The highest BCUT2D eigenvalue weighted by atomic mass is 16.1. The van der Waals surface area contributed by atoms with Gasteiger partial charge < -0.3 is 10.2 Å². The van der Waals surface area contributed by atoms with Crippen LogP contribution in [-0.2, 0) is 4.79 Å². The van der Waals surface area contributed by atoms with E-state index in [-0.39, 0.29) is 11.8 Å². The van der Waals surface area contributed by atoms with Crippen LogP contribution < -0.4 is 10.2 Å². The molecule has 1 N–H and O–H groups in total. The molecule has 0 aliphatic carbocycles. The van der Waals surface area contributed by atoms with E-state index in [1.54, 1.807) is 6.20 Å². The third-order valence-corrected chi connectivity index (χ3v) is 5.91. The summed E-state index contributed by atoms with van der Waals surface area (Å²) in [5.74, 6) is 2.10. The van der Waals surface area contributed by atoms with E-state index < -0.39 is 0 Å². The van der Waals surface area contributed by atoms with Crippen molar-refractivity contribution in [1.29, 1.82) is 0 Å². The minimum atomic E-state index is -0.0590. The van der Waals surface area contributed by atoms with Gasteiger partial charge in [-0.1, -0.05) is 55.8 Å². The van der Waals surface area contributed by atoms with Gasteiger partial charge in [0.15, 0.2) is 5.82 Å². The van der Waals surface area contributed by atoms with Crippen LogP contribution in [0.15, 0.2) is 60.8 Å². The lowest BCUT2D eigenvalue weighted by Crippen LogP contribution is -2.41. The minimum absolute atomic E-state index is 0.0590. The number of hydrogen-bond donors (Lipinski definition) is 1. The van der Waals surface area contributed by atoms with Gasteiger partial charge in [0.05, 0.1) is 5.92 Å². The van der Waals surface area contributed by atoms with Gasteiger partial charge >= 0.3 is 0 Å². The lowest BCUT2D eigenvalue weighted by atomic mass is 9.97. The molecule has 2 heterocycles. The lowest BCUT2D eigenvalue weighted by molar-refractivity contribution is -0.120. The first-order chi connectivity index (χ1) is 15.0. The monoisotopic (exact) mass is 414 g/mol. The summed E-state index contributed by atoms with van der Waals surface area (Å²) < 4.78 is 0. The van der Waals surface area contributed by atoms with Crippen LogP contribution in [0.25, 0.3) is 11.4 Å². The molecule has 1 atom stereocenters. The minimum Gasteiger partial charge on any atom is -0.356 e. The maximum absolute atomic E-state index is 12.9. The number of hydrogen-bond acceptors (Lipinski definition) is 4. The zero-order valence-corrected chi connectivity index (χ0v) is 18.5. The summed E-state index contributed by atoms with van der Waals surface area (Å²) in [6, 6.07) is 18.3. The van der Waals surface area contributed by atoms with Crippen LogP contribution in [0.2, 0.25) is 0 Å². The van der Waals surface area contributed by atoms with Crippen molar-refractivity contribution in [3.63, 3.8) is 0 Å². The summed E-state index contributed by atoms with van der Waals surface area (Å²) in [6.07, 6.45) is 3.66. The Morgan fingerprint density at radius 3 is 2.52 bits per heavy atom. The normalized spacial score (nSPS) is 16.4. The number of benzene rings is 2. The van der Waals surface area contributed by atoms with Crippen LogP contribution in [0.4, 0.5) is 11.5 Å². The number of nitrogens with zero attached hydrogens (tertiary/aromatic N) is 3. The fourth-order valence-electron chi connectivity index (χ4n) is 3.96. The number of aryl methyl sites for hydroxylation is 1. The summed E-state index contributed by atoms with van der Waals surface area (Å²) in [5, 5.41) is 3.09. The molecule has 0 spiro atoms. The summed E-state index contributed by atoms with van der Waals surface area (Å²) in [6.45, 7) is 7.97. The first-order valence-electron chi connectivity index (χ1n) is 11.1. The molecule has 3 aromatic rings. The van der Waals surface area contributed by atoms with Crippen molar-refractivity contribution < 1.29 is 4.79 Å². The van der Waals surface area contributed by atoms with E-state index in [1.807, 2.05) is 30.3 Å². The van der Waals surface area contributed by atoms with Gasteiger partial charge in [0.1, 0.15) is 5.82 Å². The molecule has 1 saturated heterocycles. The molecule has 160 valence electrons. The second-order valence-electron chi connectivity index (χ2n) is 8.66. The highest BCUT2D eigenvalue weighted by molar-refractivity contribution is 5.93. The van der Waals surface area contributed by atoms with Gasteiger partial charge in [-0.15, -0.1) is 0 Å². The number of carbonyl (C=O) groups excluding carboxylic acids is 1. The average molecular weight is 415 g/mol. The summed E-state index contributed by atoms with van der Waals surface area (Å²) >= 11 is 0. The largest absolute Gasteiger partial charge is 0.356 e. The molecule has 0 bridgehead atoms. The fraction of sp³-hybridized carbons (Fsp3) is 0.346. The molecule has 31 heavy (non-hydrogen) atoms. The Labute approximate surface area is 184 Å². The molecule has 0 saturated carbocycles. The van der Waals surface area contributed by atoms with E-state index in [2.05, 4.69) is 60.2 Å². The first-order valence-corrected chi connectivity index (χ1v) is 11.1. The van der Waals surface area contributed by atoms with Gasteiger partial charge in [-0.05, 0) is 49.4 Å². The van der Waals surface area contributed by atoms with Crippen LogP contribution in [0.1, 0.15) is 43.7 Å². The molecule has 4 rings (SSSR count). The van der Waals surface area contributed by atoms with Crippen molar-refractivity contribution in [2.75, 3.05) is 23.3 Å². The molecule has 1 unspecified atom stereocenters. The summed E-state index contributed by atoms with van der Waals surface area (Å²) in [5.41, 5.74) is 4.34. The lowest BCUT2D eigenvalue weighted by Gasteiger charge is -2.33. The van der Waals surface area contributed by atoms with E-state index in [1.165, 1.54) is 11.1 Å². The highest BCUT2D eigenvalue weighted by Gasteiger charge is 2.27. The zero-order valence-electron chi connectivity index (χ0n) is 18.5. The van der Waals surface area contributed by atoms with E-state index in [0.717, 1.165) is 36.5 Å². The molecule has 0 radical (unpaired) electrons. The zero-order chi connectivity index (χ0) is 21.8. The molecule has 5 heteroatoms. The Morgan fingerprint density at radius 2 is 1.81 bits per heavy atom.